The number of hydrogen-bond acceptors (Lipinski definition) is 4. The van der Waals surface area contributed by atoms with Crippen LogP contribution in [0.3, 0.4) is 0 Å². The Balaban J connectivity index is 1.53. The summed E-state index contributed by atoms with van der Waals surface area (Å²) in [7, 11) is 0. The standard InChI is InChI=1S/C21H26F3N3O3/c22-21(23,24)15-5-6-18(26-7-9-30-10-8-26)17(12-15)25-20(29)14-11-19(28)27(13-14)16-3-1-2-4-16/h5-6,12,14,16H,1-4,7-11,13H2,(H,25,29). The molecule has 1 N–H and O–H groups in total. The summed E-state index contributed by atoms with van der Waals surface area (Å²) in [6.45, 7) is 2.35. The number of hydrogen-bond donors (Lipinski definition) is 1. The van der Waals surface area contributed by atoms with Gasteiger partial charge in [0.25, 0.3) is 0 Å². The Bertz CT molecular complexity index is 802. The summed E-state index contributed by atoms with van der Waals surface area (Å²) in [6.07, 6.45) is -0.333. The van der Waals surface area contributed by atoms with Gasteiger partial charge in [0.2, 0.25) is 11.8 Å². The molecule has 1 aliphatic carbocycles. The highest BCUT2D eigenvalue weighted by Gasteiger charge is 2.39. The molecule has 2 amide bonds. The van der Waals surface area contributed by atoms with Crippen molar-refractivity contribution in [2.75, 3.05) is 43.1 Å². The molecule has 9 heteroatoms. The van der Waals surface area contributed by atoms with Crippen molar-refractivity contribution in [3.05, 3.63) is 23.8 Å². The molecular formula is C21H26F3N3O3. The summed E-state index contributed by atoms with van der Waals surface area (Å²) in [5, 5.41) is 2.69. The van der Waals surface area contributed by atoms with Crippen molar-refractivity contribution >= 4 is 23.2 Å². The molecular weight excluding hydrogens is 399 g/mol. The van der Waals surface area contributed by atoms with Gasteiger partial charge in [-0.05, 0) is 31.0 Å². The van der Waals surface area contributed by atoms with Crippen molar-refractivity contribution in [2.24, 2.45) is 5.92 Å². The van der Waals surface area contributed by atoms with Crippen molar-refractivity contribution in [3.8, 4) is 0 Å². The number of carbonyl (C=O) groups excluding carboxylic acids is 2. The maximum atomic E-state index is 13.3. The number of nitrogens with zero attached hydrogens (tertiary/aromatic N) is 2. The van der Waals surface area contributed by atoms with Gasteiger partial charge in [0.05, 0.1) is 36.1 Å². The van der Waals surface area contributed by atoms with Crippen LogP contribution in [0.15, 0.2) is 18.2 Å². The second-order valence-corrected chi connectivity index (χ2v) is 8.20. The number of ether oxygens (including phenoxy) is 1. The number of halogens is 3. The van der Waals surface area contributed by atoms with Gasteiger partial charge in [-0.3, -0.25) is 9.59 Å². The first-order valence-electron chi connectivity index (χ1n) is 10.5. The average Bonchev–Trinajstić information content (AvgIpc) is 3.37. The van der Waals surface area contributed by atoms with Gasteiger partial charge in [0.15, 0.2) is 0 Å². The van der Waals surface area contributed by atoms with E-state index in [9.17, 15) is 22.8 Å². The van der Waals surface area contributed by atoms with Crippen LogP contribution in [-0.4, -0.2) is 55.6 Å². The molecule has 1 aromatic carbocycles. The van der Waals surface area contributed by atoms with E-state index in [0.717, 1.165) is 37.8 Å². The van der Waals surface area contributed by atoms with E-state index in [0.29, 0.717) is 38.5 Å². The molecule has 6 nitrogen and oxygen atoms in total. The first kappa shape index (κ1) is 21.0. The first-order chi connectivity index (χ1) is 14.3. The van der Waals surface area contributed by atoms with Gasteiger partial charge in [0.1, 0.15) is 0 Å². The predicted octanol–water partition coefficient (Wildman–Crippen LogP) is 3.27. The number of morpholine rings is 1. The summed E-state index contributed by atoms with van der Waals surface area (Å²) >= 11 is 0. The van der Waals surface area contributed by atoms with E-state index in [1.54, 1.807) is 4.90 Å². The summed E-state index contributed by atoms with van der Waals surface area (Å²) in [5.41, 5.74) is -0.148. The Kier molecular flexibility index (Phi) is 5.90. The highest BCUT2D eigenvalue weighted by Crippen LogP contribution is 2.36. The molecule has 0 bridgehead atoms. The smallest absolute Gasteiger partial charge is 0.378 e. The summed E-state index contributed by atoms with van der Waals surface area (Å²) in [5.74, 6) is -0.998. The summed E-state index contributed by atoms with van der Waals surface area (Å²) in [6, 6.07) is 3.59. The number of carbonyl (C=O) groups is 2. The third-order valence-corrected chi connectivity index (χ3v) is 6.23. The van der Waals surface area contributed by atoms with Crippen LogP contribution >= 0.6 is 0 Å². The number of rotatable bonds is 4. The number of alkyl halides is 3. The zero-order chi connectivity index (χ0) is 21.3. The van der Waals surface area contributed by atoms with Crippen molar-refractivity contribution in [1.29, 1.82) is 0 Å². The number of amides is 2. The van der Waals surface area contributed by atoms with Crippen LogP contribution in [0.4, 0.5) is 24.5 Å². The van der Waals surface area contributed by atoms with E-state index in [-0.39, 0.29) is 24.1 Å². The van der Waals surface area contributed by atoms with Crippen molar-refractivity contribution in [1.82, 2.24) is 4.90 Å². The average molecular weight is 425 g/mol. The van der Waals surface area contributed by atoms with E-state index >= 15 is 0 Å². The van der Waals surface area contributed by atoms with Crippen LogP contribution in [0.1, 0.15) is 37.7 Å². The third kappa shape index (κ3) is 4.40. The van der Waals surface area contributed by atoms with Gasteiger partial charge in [-0.25, -0.2) is 0 Å². The van der Waals surface area contributed by atoms with Gasteiger partial charge in [-0.15, -0.1) is 0 Å². The Hall–Kier alpha value is -2.29. The molecule has 1 unspecified atom stereocenters. The van der Waals surface area contributed by atoms with E-state index in [4.69, 9.17) is 4.74 Å². The zero-order valence-corrected chi connectivity index (χ0v) is 16.7. The normalized spacial score (nSPS) is 23.3. The van der Waals surface area contributed by atoms with Crippen molar-refractivity contribution in [2.45, 2.75) is 44.3 Å². The Morgan fingerprint density at radius 1 is 1.13 bits per heavy atom. The minimum atomic E-state index is -4.51. The van der Waals surface area contributed by atoms with Crippen LogP contribution in [0.5, 0.6) is 0 Å². The van der Waals surface area contributed by atoms with Gasteiger partial charge in [0, 0.05) is 32.1 Å². The van der Waals surface area contributed by atoms with E-state index in [2.05, 4.69) is 5.32 Å². The first-order valence-corrected chi connectivity index (χ1v) is 10.5. The molecule has 1 aromatic rings. The molecule has 3 aliphatic rings. The lowest BCUT2D eigenvalue weighted by Crippen LogP contribution is -2.37. The van der Waals surface area contributed by atoms with Crippen LogP contribution in [0.25, 0.3) is 0 Å². The fourth-order valence-electron chi connectivity index (χ4n) is 4.60. The molecule has 1 atom stereocenters. The lowest BCUT2D eigenvalue weighted by molar-refractivity contribution is -0.137. The molecule has 3 fully saturated rings. The van der Waals surface area contributed by atoms with Crippen LogP contribution in [0.2, 0.25) is 0 Å². The second-order valence-electron chi connectivity index (χ2n) is 8.20. The van der Waals surface area contributed by atoms with Crippen LogP contribution in [0, 0.1) is 5.92 Å². The maximum Gasteiger partial charge on any atom is 0.416 e. The van der Waals surface area contributed by atoms with Crippen molar-refractivity contribution < 1.29 is 27.5 Å². The number of anilines is 2. The van der Waals surface area contributed by atoms with Crippen LogP contribution < -0.4 is 10.2 Å². The highest BCUT2D eigenvalue weighted by atomic mass is 19.4. The number of nitrogens with one attached hydrogen (secondary N) is 1. The summed E-state index contributed by atoms with van der Waals surface area (Å²) < 4.78 is 45.1. The van der Waals surface area contributed by atoms with Gasteiger partial charge in [-0.1, -0.05) is 12.8 Å². The molecule has 164 valence electrons. The monoisotopic (exact) mass is 425 g/mol. The van der Waals surface area contributed by atoms with E-state index in [1.807, 2.05) is 4.90 Å². The summed E-state index contributed by atoms with van der Waals surface area (Å²) in [4.78, 5) is 29.0. The molecule has 1 saturated carbocycles. The van der Waals surface area contributed by atoms with Crippen LogP contribution in [-0.2, 0) is 20.5 Å². The van der Waals surface area contributed by atoms with Gasteiger partial charge in [-0.2, -0.15) is 13.2 Å². The molecule has 4 rings (SSSR count). The topological polar surface area (TPSA) is 61.9 Å². The minimum Gasteiger partial charge on any atom is -0.378 e. The fraction of sp³-hybridized carbons (Fsp3) is 0.619. The SMILES string of the molecule is O=C(Nc1cc(C(F)(F)F)ccc1N1CCOCC1)C1CC(=O)N(C2CCCC2)C1. The van der Waals surface area contributed by atoms with E-state index < -0.39 is 23.6 Å². The lowest BCUT2D eigenvalue weighted by atomic mass is 10.1. The van der Waals surface area contributed by atoms with E-state index in [1.165, 1.54) is 6.07 Å². The Morgan fingerprint density at radius 2 is 1.83 bits per heavy atom. The largest absolute Gasteiger partial charge is 0.416 e. The fourth-order valence-corrected chi connectivity index (χ4v) is 4.60. The molecule has 2 aliphatic heterocycles. The third-order valence-electron chi connectivity index (χ3n) is 6.23. The van der Waals surface area contributed by atoms with Crippen molar-refractivity contribution in [3.63, 3.8) is 0 Å². The molecule has 2 saturated heterocycles. The lowest BCUT2D eigenvalue weighted by Gasteiger charge is -2.31. The second kappa shape index (κ2) is 8.45. The minimum absolute atomic E-state index is 0.0421. The Morgan fingerprint density at radius 3 is 2.50 bits per heavy atom. The van der Waals surface area contributed by atoms with Gasteiger partial charge >= 0.3 is 6.18 Å². The van der Waals surface area contributed by atoms with Gasteiger partial charge < -0.3 is 19.9 Å². The molecule has 2 heterocycles. The molecule has 30 heavy (non-hydrogen) atoms. The molecule has 0 radical (unpaired) electrons. The molecule has 0 aromatic heterocycles. The quantitative estimate of drug-likeness (QED) is 0.805. The predicted molar refractivity (Wildman–Crippen MR) is 105 cm³/mol. The number of likely N-dealkylation sites (tertiary alicyclic amines) is 1. The highest BCUT2D eigenvalue weighted by molar-refractivity contribution is 5.99. The maximum absolute atomic E-state index is 13.3. The molecule has 0 spiro atoms. The zero-order valence-electron chi connectivity index (χ0n) is 16.7. The Labute approximate surface area is 173 Å². The number of benzene rings is 1.